The lowest BCUT2D eigenvalue weighted by molar-refractivity contribution is 0.623. The Labute approximate surface area is 120 Å². The molecule has 0 aliphatic rings. The van der Waals surface area contributed by atoms with Crippen molar-refractivity contribution >= 4 is 21.6 Å². The van der Waals surface area contributed by atoms with Crippen LogP contribution in [0.4, 0.5) is 10.1 Å². The van der Waals surface area contributed by atoms with Gasteiger partial charge in [-0.2, -0.15) is 5.26 Å². The number of hydrogen-bond acceptors (Lipinski definition) is 2. The summed E-state index contributed by atoms with van der Waals surface area (Å²) in [6.07, 6.45) is 0. The van der Waals surface area contributed by atoms with Gasteiger partial charge in [0, 0.05) is 23.8 Å². The molecule has 2 nitrogen and oxygen atoms in total. The number of halogens is 2. The first-order valence-electron chi connectivity index (χ1n) is 5.76. The summed E-state index contributed by atoms with van der Waals surface area (Å²) in [6, 6.07) is 14.4. The molecule has 0 fully saturated rings. The highest BCUT2D eigenvalue weighted by molar-refractivity contribution is 9.10. The molecule has 2 rings (SSSR count). The fourth-order valence-electron chi connectivity index (χ4n) is 1.81. The summed E-state index contributed by atoms with van der Waals surface area (Å²) in [5.74, 6) is -0.487. The number of nitriles is 1. The molecule has 19 heavy (non-hydrogen) atoms. The van der Waals surface area contributed by atoms with Crippen molar-refractivity contribution in [3.05, 3.63) is 63.9 Å². The van der Waals surface area contributed by atoms with E-state index in [9.17, 15) is 4.39 Å². The molecule has 0 aromatic heterocycles. The average Bonchev–Trinajstić information content (AvgIpc) is 2.41. The molecule has 0 heterocycles. The summed E-state index contributed by atoms with van der Waals surface area (Å²) >= 11 is 3.49. The maximum Gasteiger partial charge on any atom is 0.143 e. The summed E-state index contributed by atoms with van der Waals surface area (Å²) in [6.45, 7) is 0.659. The molecule has 0 spiro atoms. The van der Waals surface area contributed by atoms with Crippen molar-refractivity contribution in [3.63, 3.8) is 0 Å². The standard InChI is InChI=1S/C15H12BrFN2/c1-19(10-12-4-2-3-5-14(12)16)13-7-6-11(9-18)15(17)8-13/h2-8H,10H2,1H3. The molecule has 0 amide bonds. The molecule has 0 aliphatic heterocycles. The van der Waals surface area contributed by atoms with Crippen LogP contribution in [0.2, 0.25) is 0 Å². The maximum atomic E-state index is 13.6. The van der Waals surface area contributed by atoms with E-state index in [0.29, 0.717) is 6.54 Å². The highest BCUT2D eigenvalue weighted by Gasteiger charge is 2.08. The predicted octanol–water partition coefficient (Wildman–Crippen LogP) is 4.10. The highest BCUT2D eigenvalue weighted by atomic mass is 79.9. The number of benzene rings is 2. The topological polar surface area (TPSA) is 27.0 Å². The van der Waals surface area contributed by atoms with Gasteiger partial charge in [0.1, 0.15) is 11.9 Å². The van der Waals surface area contributed by atoms with Crippen molar-refractivity contribution in [1.82, 2.24) is 0 Å². The molecule has 0 bridgehead atoms. The van der Waals surface area contributed by atoms with Crippen LogP contribution in [-0.2, 0) is 6.54 Å². The molecule has 0 N–H and O–H groups in total. The number of nitrogens with zero attached hydrogens (tertiary/aromatic N) is 2. The Bertz CT molecular complexity index is 634. The molecule has 0 saturated carbocycles. The van der Waals surface area contributed by atoms with E-state index in [4.69, 9.17) is 5.26 Å². The molecule has 4 heteroatoms. The van der Waals surface area contributed by atoms with Crippen molar-refractivity contribution < 1.29 is 4.39 Å². The summed E-state index contributed by atoms with van der Waals surface area (Å²) < 4.78 is 14.6. The van der Waals surface area contributed by atoms with E-state index < -0.39 is 5.82 Å². The van der Waals surface area contributed by atoms with Gasteiger partial charge in [0.25, 0.3) is 0 Å². The van der Waals surface area contributed by atoms with Gasteiger partial charge < -0.3 is 4.90 Å². The van der Waals surface area contributed by atoms with Gasteiger partial charge in [0.05, 0.1) is 5.56 Å². The third-order valence-electron chi connectivity index (χ3n) is 2.88. The van der Waals surface area contributed by atoms with Crippen LogP contribution < -0.4 is 4.90 Å². The van der Waals surface area contributed by atoms with Crippen LogP contribution >= 0.6 is 15.9 Å². The zero-order valence-corrected chi connectivity index (χ0v) is 12.0. The minimum atomic E-state index is -0.487. The van der Waals surface area contributed by atoms with E-state index in [1.165, 1.54) is 12.1 Å². The second kappa shape index (κ2) is 5.85. The molecule has 96 valence electrons. The van der Waals surface area contributed by atoms with Gasteiger partial charge in [-0.15, -0.1) is 0 Å². The minimum absolute atomic E-state index is 0.0676. The Morgan fingerprint density at radius 1 is 1.26 bits per heavy atom. The Hall–Kier alpha value is -1.86. The molecule has 2 aromatic carbocycles. The van der Waals surface area contributed by atoms with Gasteiger partial charge in [-0.25, -0.2) is 4.39 Å². The van der Waals surface area contributed by atoms with Crippen LogP contribution in [0.15, 0.2) is 46.9 Å². The Morgan fingerprint density at radius 3 is 2.63 bits per heavy atom. The largest absolute Gasteiger partial charge is 0.370 e. The van der Waals surface area contributed by atoms with Crippen molar-refractivity contribution in [2.75, 3.05) is 11.9 Å². The van der Waals surface area contributed by atoms with Crippen molar-refractivity contribution in [2.45, 2.75) is 6.54 Å². The fourth-order valence-corrected chi connectivity index (χ4v) is 2.22. The second-order valence-electron chi connectivity index (χ2n) is 4.22. The molecule has 0 aliphatic carbocycles. The van der Waals surface area contributed by atoms with E-state index >= 15 is 0 Å². The van der Waals surface area contributed by atoms with Crippen LogP contribution in [0.5, 0.6) is 0 Å². The molecule has 0 atom stereocenters. The van der Waals surface area contributed by atoms with E-state index in [-0.39, 0.29) is 5.56 Å². The second-order valence-corrected chi connectivity index (χ2v) is 5.08. The number of hydrogen-bond donors (Lipinski definition) is 0. The first-order valence-corrected chi connectivity index (χ1v) is 6.55. The summed E-state index contributed by atoms with van der Waals surface area (Å²) in [5.41, 5.74) is 1.93. The highest BCUT2D eigenvalue weighted by Crippen LogP contribution is 2.22. The lowest BCUT2D eigenvalue weighted by Crippen LogP contribution is -2.16. The number of anilines is 1. The first-order chi connectivity index (χ1) is 9.11. The van der Waals surface area contributed by atoms with Gasteiger partial charge in [-0.3, -0.25) is 0 Å². The SMILES string of the molecule is CN(Cc1ccccc1Br)c1ccc(C#N)c(F)c1. The summed E-state index contributed by atoms with van der Waals surface area (Å²) in [4.78, 5) is 1.93. The monoisotopic (exact) mass is 318 g/mol. The average molecular weight is 319 g/mol. The Balaban J connectivity index is 2.21. The third-order valence-corrected chi connectivity index (χ3v) is 3.65. The van der Waals surface area contributed by atoms with Crippen LogP contribution in [0.3, 0.4) is 0 Å². The zero-order chi connectivity index (χ0) is 13.8. The van der Waals surface area contributed by atoms with Crippen molar-refractivity contribution in [1.29, 1.82) is 5.26 Å². The summed E-state index contributed by atoms with van der Waals surface area (Å²) in [5, 5.41) is 8.71. The Kier molecular flexibility index (Phi) is 4.18. The van der Waals surface area contributed by atoms with Gasteiger partial charge in [0.2, 0.25) is 0 Å². The van der Waals surface area contributed by atoms with Crippen LogP contribution in [0, 0.1) is 17.1 Å². The third kappa shape index (κ3) is 3.12. The lowest BCUT2D eigenvalue weighted by atomic mass is 10.1. The van der Waals surface area contributed by atoms with Gasteiger partial charge >= 0.3 is 0 Å². The lowest BCUT2D eigenvalue weighted by Gasteiger charge is -2.20. The smallest absolute Gasteiger partial charge is 0.143 e. The quantitative estimate of drug-likeness (QED) is 0.852. The van der Waals surface area contributed by atoms with Gasteiger partial charge in [0.15, 0.2) is 0 Å². The summed E-state index contributed by atoms with van der Waals surface area (Å²) in [7, 11) is 1.89. The molecular formula is C15H12BrFN2. The zero-order valence-electron chi connectivity index (χ0n) is 10.4. The molecule has 0 radical (unpaired) electrons. The fraction of sp³-hybridized carbons (Fsp3) is 0.133. The molecule has 2 aromatic rings. The molecule has 0 saturated heterocycles. The van der Waals surface area contributed by atoms with Crippen LogP contribution in [-0.4, -0.2) is 7.05 Å². The van der Waals surface area contributed by atoms with Crippen molar-refractivity contribution in [2.24, 2.45) is 0 Å². The molecular weight excluding hydrogens is 307 g/mol. The number of rotatable bonds is 3. The van der Waals surface area contributed by atoms with E-state index in [1.807, 2.05) is 42.3 Å². The van der Waals surface area contributed by atoms with E-state index in [0.717, 1.165) is 15.7 Å². The van der Waals surface area contributed by atoms with E-state index in [2.05, 4.69) is 15.9 Å². The van der Waals surface area contributed by atoms with E-state index in [1.54, 1.807) is 6.07 Å². The first kappa shape index (κ1) is 13.6. The minimum Gasteiger partial charge on any atom is -0.370 e. The normalized spacial score (nSPS) is 10.0. The predicted molar refractivity (Wildman–Crippen MR) is 77.4 cm³/mol. The van der Waals surface area contributed by atoms with Crippen molar-refractivity contribution in [3.8, 4) is 6.07 Å². The van der Waals surface area contributed by atoms with Gasteiger partial charge in [-0.1, -0.05) is 34.1 Å². The van der Waals surface area contributed by atoms with Crippen LogP contribution in [0.25, 0.3) is 0 Å². The van der Waals surface area contributed by atoms with Gasteiger partial charge in [-0.05, 0) is 29.8 Å². The maximum absolute atomic E-state index is 13.6. The molecule has 0 unspecified atom stereocenters. The van der Waals surface area contributed by atoms with Crippen LogP contribution in [0.1, 0.15) is 11.1 Å². The Morgan fingerprint density at radius 2 is 2.00 bits per heavy atom.